The molecular formula is C13H16N8. The first-order valence-corrected chi connectivity index (χ1v) is 6.56. The molecular weight excluding hydrogens is 268 g/mol. The van der Waals surface area contributed by atoms with Gasteiger partial charge in [0.05, 0.1) is 6.54 Å². The predicted octanol–water partition coefficient (Wildman–Crippen LogP) is 0.926. The van der Waals surface area contributed by atoms with Crippen LogP contribution < -0.4 is 5.32 Å². The van der Waals surface area contributed by atoms with E-state index in [1.807, 2.05) is 49.9 Å². The Morgan fingerprint density at radius 1 is 1.14 bits per heavy atom. The van der Waals surface area contributed by atoms with Crippen LogP contribution in [0.2, 0.25) is 0 Å². The van der Waals surface area contributed by atoms with E-state index in [1.165, 1.54) is 0 Å². The van der Waals surface area contributed by atoms with E-state index in [9.17, 15) is 0 Å². The van der Waals surface area contributed by atoms with Gasteiger partial charge in [-0.3, -0.25) is 0 Å². The van der Waals surface area contributed by atoms with Crippen LogP contribution in [0.5, 0.6) is 0 Å². The van der Waals surface area contributed by atoms with Crippen molar-refractivity contribution in [1.82, 2.24) is 35.0 Å². The lowest BCUT2D eigenvalue weighted by molar-refractivity contribution is 0.714. The van der Waals surface area contributed by atoms with E-state index in [-0.39, 0.29) is 0 Å². The van der Waals surface area contributed by atoms with Crippen LogP contribution in [-0.4, -0.2) is 35.0 Å². The van der Waals surface area contributed by atoms with Crippen LogP contribution in [0.15, 0.2) is 24.3 Å². The van der Waals surface area contributed by atoms with Crippen LogP contribution in [-0.2, 0) is 20.6 Å². The van der Waals surface area contributed by atoms with Gasteiger partial charge in [0.25, 0.3) is 0 Å². The molecule has 3 aromatic rings. The van der Waals surface area contributed by atoms with Crippen LogP contribution in [0.1, 0.15) is 11.6 Å². The summed E-state index contributed by atoms with van der Waals surface area (Å²) in [6, 6.07) is 7.95. The standard InChI is InChI=1S/C13H16N8/c1-9-15-16-12(20(9)2)8-14-11-6-4-5-10(7-11)13-17-18-19-21(13)3/h4-7,14H,8H2,1-3H3. The number of aryl methyl sites for hydroxylation is 2. The molecule has 0 amide bonds. The fraction of sp³-hybridized carbons (Fsp3) is 0.308. The largest absolute Gasteiger partial charge is 0.378 e. The van der Waals surface area contributed by atoms with Gasteiger partial charge in [-0.15, -0.1) is 15.3 Å². The first kappa shape index (κ1) is 13.2. The minimum Gasteiger partial charge on any atom is -0.378 e. The molecule has 0 saturated carbocycles. The number of benzene rings is 1. The fourth-order valence-corrected chi connectivity index (χ4v) is 2.03. The normalized spacial score (nSPS) is 10.8. The van der Waals surface area contributed by atoms with Crippen molar-refractivity contribution >= 4 is 5.69 Å². The van der Waals surface area contributed by atoms with Gasteiger partial charge in [0, 0.05) is 25.3 Å². The summed E-state index contributed by atoms with van der Waals surface area (Å²) >= 11 is 0. The van der Waals surface area contributed by atoms with Gasteiger partial charge < -0.3 is 9.88 Å². The van der Waals surface area contributed by atoms with Crippen molar-refractivity contribution in [2.24, 2.45) is 14.1 Å². The van der Waals surface area contributed by atoms with Gasteiger partial charge >= 0.3 is 0 Å². The Balaban J connectivity index is 1.78. The molecule has 2 heterocycles. The molecule has 1 N–H and O–H groups in total. The summed E-state index contributed by atoms with van der Waals surface area (Å²) in [4.78, 5) is 0. The number of nitrogens with zero attached hydrogens (tertiary/aromatic N) is 7. The lowest BCUT2D eigenvalue weighted by Gasteiger charge is -2.07. The predicted molar refractivity (Wildman–Crippen MR) is 77.3 cm³/mol. The Bertz CT molecular complexity index is 757. The number of aromatic nitrogens is 7. The Kier molecular flexibility index (Phi) is 3.35. The van der Waals surface area contributed by atoms with E-state index in [0.717, 1.165) is 28.7 Å². The highest BCUT2D eigenvalue weighted by molar-refractivity contribution is 5.62. The van der Waals surface area contributed by atoms with Crippen molar-refractivity contribution in [3.8, 4) is 11.4 Å². The number of anilines is 1. The molecule has 0 aliphatic heterocycles. The molecule has 1 aromatic carbocycles. The highest BCUT2D eigenvalue weighted by Crippen LogP contribution is 2.19. The molecule has 0 unspecified atom stereocenters. The molecule has 0 bridgehead atoms. The summed E-state index contributed by atoms with van der Waals surface area (Å²) in [6.45, 7) is 2.54. The maximum atomic E-state index is 4.13. The Labute approximate surface area is 121 Å². The van der Waals surface area contributed by atoms with Gasteiger partial charge in [0.2, 0.25) is 0 Å². The first-order chi connectivity index (χ1) is 10.1. The van der Waals surface area contributed by atoms with E-state index in [1.54, 1.807) is 4.68 Å². The lowest BCUT2D eigenvalue weighted by atomic mass is 10.2. The van der Waals surface area contributed by atoms with Crippen molar-refractivity contribution in [3.63, 3.8) is 0 Å². The number of rotatable bonds is 4. The fourth-order valence-electron chi connectivity index (χ4n) is 2.03. The number of nitrogens with one attached hydrogen (secondary N) is 1. The van der Waals surface area contributed by atoms with Crippen LogP contribution in [0.4, 0.5) is 5.69 Å². The summed E-state index contributed by atoms with van der Waals surface area (Å²) in [5, 5.41) is 23.0. The summed E-state index contributed by atoms with van der Waals surface area (Å²) in [7, 11) is 3.77. The maximum absolute atomic E-state index is 4.13. The van der Waals surface area contributed by atoms with E-state index in [4.69, 9.17) is 0 Å². The molecule has 0 radical (unpaired) electrons. The minimum absolute atomic E-state index is 0.609. The Hall–Kier alpha value is -2.77. The smallest absolute Gasteiger partial charge is 0.181 e. The van der Waals surface area contributed by atoms with E-state index in [0.29, 0.717) is 6.54 Å². The van der Waals surface area contributed by atoms with Gasteiger partial charge in [0.15, 0.2) is 11.6 Å². The zero-order chi connectivity index (χ0) is 14.8. The third-order valence-electron chi connectivity index (χ3n) is 3.37. The Morgan fingerprint density at radius 3 is 2.67 bits per heavy atom. The number of tetrazole rings is 1. The van der Waals surface area contributed by atoms with Crippen LogP contribution >= 0.6 is 0 Å². The van der Waals surface area contributed by atoms with Crippen LogP contribution in [0, 0.1) is 6.92 Å². The quantitative estimate of drug-likeness (QED) is 0.767. The van der Waals surface area contributed by atoms with E-state index in [2.05, 4.69) is 31.0 Å². The molecule has 0 aliphatic carbocycles. The first-order valence-electron chi connectivity index (χ1n) is 6.56. The van der Waals surface area contributed by atoms with E-state index < -0.39 is 0 Å². The molecule has 0 atom stereocenters. The molecule has 0 fully saturated rings. The van der Waals surface area contributed by atoms with Gasteiger partial charge in [0.1, 0.15) is 5.82 Å². The summed E-state index contributed by atoms with van der Waals surface area (Å²) in [6.07, 6.45) is 0. The van der Waals surface area contributed by atoms with Crippen molar-refractivity contribution < 1.29 is 0 Å². The summed E-state index contributed by atoms with van der Waals surface area (Å²) in [5.74, 6) is 2.51. The second-order valence-electron chi connectivity index (χ2n) is 4.78. The van der Waals surface area contributed by atoms with Crippen molar-refractivity contribution in [3.05, 3.63) is 35.9 Å². The highest BCUT2D eigenvalue weighted by atomic mass is 15.5. The number of hydrogen-bond donors (Lipinski definition) is 1. The van der Waals surface area contributed by atoms with Crippen molar-refractivity contribution in [2.45, 2.75) is 13.5 Å². The third-order valence-corrected chi connectivity index (χ3v) is 3.37. The lowest BCUT2D eigenvalue weighted by Crippen LogP contribution is -2.06. The molecule has 108 valence electrons. The van der Waals surface area contributed by atoms with Crippen LogP contribution in [0.3, 0.4) is 0 Å². The minimum atomic E-state index is 0.609. The molecule has 0 saturated heterocycles. The molecule has 2 aromatic heterocycles. The van der Waals surface area contributed by atoms with Gasteiger partial charge in [-0.2, -0.15) is 0 Å². The maximum Gasteiger partial charge on any atom is 0.181 e. The van der Waals surface area contributed by atoms with Gasteiger partial charge in [-0.25, -0.2) is 4.68 Å². The van der Waals surface area contributed by atoms with E-state index >= 15 is 0 Å². The molecule has 8 nitrogen and oxygen atoms in total. The second-order valence-corrected chi connectivity index (χ2v) is 4.78. The van der Waals surface area contributed by atoms with Gasteiger partial charge in [-0.05, 0) is 29.5 Å². The SMILES string of the molecule is Cc1nnc(CNc2cccc(-c3nnnn3C)c2)n1C. The third kappa shape index (κ3) is 2.60. The number of hydrogen-bond acceptors (Lipinski definition) is 6. The Morgan fingerprint density at radius 2 is 2.00 bits per heavy atom. The molecule has 21 heavy (non-hydrogen) atoms. The summed E-state index contributed by atoms with van der Waals surface area (Å²) in [5.41, 5.74) is 1.94. The van der Waals surface area contributed by atoms with Crippen molar-refractivity contribution in [2.75, 3.05) is 5.32 Å². The monoisotopic (exact) mass is 284 g/mol. The molecule has 0 aliphatic rings. The van der Waals surface area contributed by atoms with Crippen LogP contribution in [0.25, 0.3) is 11.4 Å². The highest BCUT2D eigenvalue weighted by Gasteiger charge is 2.07. The second kappa shape index (κ2) is 5.31. The summed E-state index contributed by atoms with van der Waals surface area (Å²) < 4.78 is 3.61. The molecule has 3 rings (SSSR count). The van der Waals surface area contributed by atoms with Gasteiger partial charge in [-0.1, -0.05) is 12.1 Å². The molecule has 0 spiro atoms. The van der Waals surface area contributed by atoms with Crippen molar-refractivity contribution in [1.29, 1.82) is 0 Å². The topological polar surface area (TPSA) is 86.3 Å². The average Bonchev–Trinajstić information content (AvgIpc) is 3.05. The zero-order valence-corrected chi connectivity index (χ0v) is 12.1. The average molecular weight is 284 g/mol. The molecule has 8 heteroatoms. The zero-order valence-electron chi connectivity index (χ0n) is 12.1.